The zero-order valence-electron chi connectivity index (χ0n) is 10.4. The molecule has 18 heavy (non-hydrogen) atoms. The normalized spacial score (nSPS) is 9.89. The fourth-order valence-corrected chi connectivity index (χ4v) is 1.82. The number of anilines is 1. The predicted octanol–water partition coefficient (Wildman–Crippen LogP) is 2.21. The van der Waals surface area contributed by atoms with Crippen molar-refractivity contribution in [2.75, 3.05) is 18.5 Å². The molecule has 1 heterocycles. The van der Waals surface area contributed by atoms with Crippen molar-refractivity contribution in [1.29, 1.82) is 0 Å². The second-order valence-corrected chi connectivity index (χ2v) is 4.24. The number of hydrogen-bond acceptors (Lipinski definition) is 6. The lowest BCUT2D eigenvalue weighted by molar-refractivity contribution is -0.142. The van der Waals surface area contributed by atoms with Gasteiger partial charge in [0.15, 0.2) is 5.13 Å². The molecule has 0 aliphatic rings. The van der Waals surface area contributed by atoms with Crippen molar-refractivity contribution in [3.63, 3.8) is 0 Å². The largest absolute Gasteiger partial charge is 0.466 e. The fraction of sp³-hybridized carbons (Fsp3) is 0.545. The van der Waals surface area contributed by atoms with E-state index >= 15 is 0 Å². The number of rotatable bonds is 6. The molecular formula is C11H16N2O4S. The molecule has 1 aromatic rings. The third-order valence-electron chi connectivity index (χ3n) is 1.83. The van der Waals surface area contributed by atoms with Crippen LogP contribution in [0.5, 0.6) is 0 Å². The minimum atomic E-state index is -0.533. The first-order valence-electron chi connectivity index (χ1n) is 5.69. The van der Waals surface area contributed by atoms with Crippen LogP contribution in [0.4, 0.5) is 9.93 Å². The minimum absolute atomic E-state index is 0.107. The molecule has 100 valence electrons. The van der Waals surface area contributed by atoms with Crippen molar-refractivity contribution >= 4 is 28.5 Å². The zero-order valence-corrected chi connectivity index (χ0v) is 11.2. The van der Waals surface area contributed by atoms with Crippen LogP contribution in [0, 0.1) is 0 Å². The summed E-state index contributed by atoms with van der Waals surface area (Å²) in [5.74, 6) is -0.331. The number of nitrogens with zero attached hydrogens (tertiary/aromatic N) is 1. The molecular weight excluding hydrogens is 256 g/mol. The third kappa shape index (κ3) is 5.13. The van der Waals surface area contributed by atoms with E-state index in [2.05, 4.69) is 10.3 Å². The molecule has 0 aromatic carbocycles. The van der Waals surface area contributed by atoms with Gasteiger partial charge >= 0.3 is 12.1 Å². The van der Waals surface area contributed by atoms with E-state index in [9.17, 15) is 9.59 Å². The van der Waals surface area contributed by atoms with Gasteiger partial charge in [-0.2, -0.15) is 0 Å². The molecule has 0 atom stereocenters. The summed E-state index contributed by atoms with van der Waals surface area (Å²) in [6.07, 6.45) is 0.337. The Morgan fingerprint density at radius 2 is 2.17 bits per heavy atom. The molecule has 0 fully saturated rings. The van der Waals surface area contributed by atoms with Gasteiger partial charge < -0.3 is 9.47 Å². The van der Waals surface area contributed by atoms with Crippen LogP contribution < -0.4 is 5.32 Å². The number of esters is 1. The van der Waals surface area contributed by atoms with Crippen molar-refractivity contribution in [3.8, 4) is 0 Å². The fourth-order valence-electron chi connectivity index (χ4n) is 1.12. The van der Waals surface area contributed by atoms with E-state index in [0.29, 0.717) is 24.0 Å². The molecule has 0 aliphatic heterocycles. The lowest BCUT2D eigenvalue weighted by atomic mass is 10.3. The Labute approximate surface area is 109 Å². The van der Waals surface area contributed by atoms with Crippen LogP contribution in [0.2, 0.25) is 0 Å². The van der Waals surface area contributed by atoms with Crippen LogP contribution in [0.25, 0.3) is 0 Å². The molecule has 6 nitrogen and oxygen atoms in total. The Balaban J connectivity index is 2.43. The van der Waals surface area contributed by atoms with Gasteiger partial charge in [0.1, 0.15) is 0 Å². The number of thiazole rings is 1. The van der Waals surface area contributed by atoms with E-state index in [1.807, 2.05) is 6.92 Å². The summed E-state index contributed by atoms with van der Waals surface area (Å²) >= 11 is 1.24. The van der Waals surface area contributed by atoms with Crippen LogP contribution in [-0.4, -0.2) is 30.3 Å². The summed E-state index contributed by atoms with van der Waals surface area (Å²) in [6, 6.07) is 0. The Bertz CT molecular complexity index is 406. The van der Waals surface area contributed by atoms with Crippen LogP contribution in [0.3, 0.4) is 0 Å². The van der Waals surface area contributed by atoms with Crippen LogP contribution in [0.1, 0.15) is 26.0 Å². The van der Waals surface area contributed by atoms with Gasteiger partial charge in [-0.05, 0) is 13.3 Å². The van der Waals surface area contributed by atoms with E-state index < -0.39 is 6.09 Å². The number of nitrogens with one attached hydrogen (secondary N) is 1. The number of carbonyl (C=O) groups excluding carboxylic acids is 2. The zero-order chi connectivity index (χ0) is 13.4. The molecule has 1 aromatic heterocycles. The van der Waals surface area contributed by atoms with Gasteiger partial charge in [-0.15, -0.1) is 11.3 Å². The Hall–Kier alpha value is -1.63. The Kier molecular flexibility index (Phi) is 6.13. The average molecular weight is 272 g/mol. The van der Waals surface area contributed by atoms with E-state index in [-0.39, 0.29) is 12.4 Å². The second-order valence-electron chi connectivity index (χ2n) is 3.39. The lowest BCUT2D eigenvalue weighted by Gasteiger charge is -2.02. The number of ether oxygens (including phenoxy) is 2. The van der Waals surface area contributed by atoms with E-state index in [1.54, 1.807) is 12.3 Å². The van der Waals surface area contributed by atoms with Gasteiger partial charge in [0.25, 0.3) is 0 Å². The first-order valence-corrected chi connectivity index (χ1v) is 6.57. The Morgan fingerprint density at radius 1 is 1.39 bits per heavy atom. The monoisotopic (exact) mass is 272 g/mol. The maximum Gasteiger partial charge on any atom is 0.413 e. The van der Waals surface area contributed by atoms with Gasteiger partial charge in [-0.3, -0.25) is 10.1 Å². The van der Waals surface area contributed by atoms with Gasteiger partial charge in [0.05, 0.1) is 25.3 Å². The number of aromatic nitrogens is 1. The molecule has 0 saturated carbocycles. The number of carbonyl (C=O) groups is 2. The average Bonchev–Trinajstić information content (AvgIpc) is 2.74. The van der Waals surface area contributed by atoms with Crippen molar-refractivity contribution in [2.24, 2.45) is 0 Å². The smallest absolute Gasteiger partial charge is 0.413 e. The molecule has 0 bridgehead atoms. The van der Waals surface area contributed by atoms with Crippen LogP contribution in [-0.2, 0) is 20.7 Å². The van der Waals surface area contributed by atoms with Crippen molar-refractivity contribution in [3.05, 3.63) is 11.1 Å². The van der Waals surface area contributed by atoms with Gasteiger partial charge in [-0.1, -0.05) is 6.92 Å². The summed E-state index contributed by atoms with van der Waals surface area (Å²) in [6.45, 7) is 4.37. The molecule has 1 N–H and O–H groups in total. The van der Waals surface area contributed by atoms with Crippen molar-refractivity contribution < 1.29 is 19.1 Å². The number of hydrogen-bond donors (Lipinski definition) is 1. The SMILES string of the molecule is CCCOC(=O)Nc1nc(CC(=O)OCC)cs1. The third-order valence-corrected chi connectivity index (χ3v) is 2.64. The minimum Gasteiger partial charge on any atom is -0.466 e. The molecule has 0 spiro atoms. The summed E-state index contributed by atoms with van der Waals surface area (Å²) < 4.78 is 9.65. The van der Waals surface area contributed by atoms with Gasteiger partial charge in [-0.25, -0.2) is 9.78 Å². The lowest BCUT2D eigenvalue weighted by Crippen LogP contribution is -2.14. The van der Waals surface area contributed by atoms with Crippen molar-refractivity contribution in [2.45, 2.75) is 26.7 Å². The molecule has 0 radical (unpaired) electrons. The molecule has 1 amide bonds. The molecule has 1 rings (SSSR count). The van der Waals surface area contributed by atoms with Gasteiger partial charge in [0.2, 0.25) is 0 Å². The summed E-state index contributed by atoms with van der Waals surface area (Å²) in [5.41, 5.74) is 0.573. The second kappa shape index (κ2) is 7.65. The molecule has 0 unspecified atom stereocenters. The molecule has 0 saturated heterocycles. The van der Waals surface area contributed by atoms with E-state index in [0.717, 1.165) is 6.42 Å². The standard InChI is InChI=1S/C11H16N2O4S/c1-3-5-17-11(15)13-10-12-8(7-18-10)6-9(14)16-4-2/h7H,3-6H2,1-2H3,(H,12,13,15). The summed E-state index contributed by atoms with van der Waals surface area (Å²) in [5, 5.41) is 4.61. The Morgan fingerprint density at radius 3 is 2.83 bits per heavy atom. The summed E-state index contributed by atoms with van der Waals surface area (Å²) in [4.78, 5) is 26.5. The first kappa shape index (κ1) is 14.4. The summed E-state index contributed by atoms with van der Waals surface area (Å²) in [7, 11) is 0. The highest BCUT2D eigenvalue weighted by Crippen LogP contribution is 2.16. The predicted molar refractivity (Wildman–Crippen MR) is 67.7 cm³/mol. The highest BCUT2D eigenvalue weighted by molar-refractivity contribution is 7.13. The van der Waals surface area contributed by atoms with Crippen molar-refractivity contribution in [1.82, 2.24) is 4.98 Å². The molecule has 0 aliphatic carbocycles. The molecule has 7 heteroatoms. The maximum absolute atomic E-state index is 11.2. The van der Waals surface area contributed by atoms with E-state index in [4.69, 9.17) is 9.47 Å². The maximum atomic E-state index is 11.2. The van der Waals surface area contributed by atoms with Crippen LogP contribution >= 0.6 is 11.3 Å². The van der Waals surface area contributed by atoms with Gasteiger partial charge in [0, 0.05) is 5.38 Å². The highest BCUT2D eigenvalue weighted by Gasteiger charge is 2.10. The van der Waals surface area contributed by atoms with E-state index in [1.165, 1.54) is 11.3 Å². The first-order chi connectivity index (χ1) is 8.65. The topological polar surface area (TPSA) is 77.5 Å². The number of amides is 1. The highest BCUT2D eigenvalue weighted by atomic mass is 32.1. The van der Waals surface area contributed by atoms with Crippen LogP contribution in [0.15, 0.2) is 5.38 Å². The quantitative estimate of drug-likeness (QED) is 0.803.